The molecule has 1 saturated heterocycles. The summed E-state index contributed by atoms with van der Waals surface area (Å²) in [6, 6.07) is 7.94. The summed E-state index contributed by atoms with van der Waals surface area (Å²) in [6.45, 7) is 7.96. The van der Waals surface area contributed by atoms with Gasteiger partial charge in [-0.15, -0.1) is 11.8 Å². The number of hydrogen-bond donors (Lipinski definition) is 0. The highest BCUT2D eigenvalue weighted by molar-refractivity contribution is 7.99. The molecule has 0 spiro atoms. The van der Waals surface area contributed by atoms with Crippen molar-refractivity contribution in [3.63, 3.8) is 0 Å². The van der Waals surface area contributed by atoms with Gasteiger partial charge in [0.15, 0.2) is 5.78 Å². The molecule has 2 heterocycles. The van der Waals surface area contributed by atoms with Crippen molar-refractivity contribution in [2.45, 2.75) is 51.0 Å². The number of pyridine rings is 1. The highest BCUT2D eigenvalue weighted by Gasteiger charge is 2.41. The van der Waals surface area contributed by atoms with E-state index in [1.807, 2.05) is 52.0 Å². The van der Waals surface area contributed by atoms with Crippen molar-refractivity contribution in [1.29, 1.82) is 0 Å². The molecule has 142 valence electrons. The number of ketones is 1. The van der Waals surface area contributed by atoms with Crippen LogP contribution in [-0.4, -0.2) is 28.6 Å². The molecule has 0 aliphatic carbocycles. The fraction of sp³-hybridized carbons (Fsp3) is 0.409. The van der Waals surface area contributed by atoms with Crippen LogP contribution in [0.25, 0.3) is 0 Å². The lowest BCUT2D eigenvalue weighted by atomic mass is 9.82. The molecule has 4 nitrogen and oxygen atoms in total. The highest BCUT2D eigenvalue weighted by Crippen LogP contribution is 2.34. The van der Waals surface area contributed by atoms with Crippen molar-refractivity contribution in [1.82, 2.24) is 4.98 Å². The minimum atomic E-state index is -0.790. The number of thioether (sulfide) groups is 1. The van der Waals surface area contributed by atoms with E-state index in [0.29, 0.717) is 0 Å². The predicted molar refractivity (Wildman–Crippen MR) is 107 cm³/mol. The Morgan fingerprint density at radius 3 is 2.37 bits per heavy atom. The molecule has 0 N–H and O–H groups in total. The van der Waals surface area contributed by atoms with Gasteiger partial charge in [-0.25, -0.2) is 0 Å². The van der Waals surface area contributed by atoms with Crippen LogP contribution in [0.3, 0.4) is 0 Å². The number of aryl methyl sites for hydroxylation is 3. The Labute approximate surface area is 164 Å². The molecule has 1 fully saturated rings. The summed E-state index contributed by atoms with van der Waals surface area (Å²) in [5, 5.41) is 0. The van der Waals surface area contributed by atoms with E-state index in [-0.39, 0.29) is 24.2 Å². The normalized spacial score (nSPS) is 21.0. The summed E-state index contributed by atoms with van der Waals surface area (Å²) < 4.78 is 5.73. The molecule has 0 amide bonds. The maximum Gasteiger partial charge on any atom is 0.321 e. The van der Waals surface area contributed by atoms with E-state index in [4.69, 9.17) is 4.74 Å². The molecule has 0 radical (unpaired) electrons. The SMILES string of the molecule is Cc1cc(C)c(C2C(=O)CC(C(C)CSc3ccncc3)OC2=O)c(C)c1. The fourth-order valence-electron chi connectivity index (χ4n) is 3.72. The smallest absolute Gasteiger partial charge is 0.321 e. The predicted octanol–water partition coefficient (Wildman–Crippen LogP) is 4.40. The second-order valence-electron chi connectivity index (χ2n) is 7.36. The van der Waals surface area contributed by atoms with E-state index in [1.165, 1.54) is 0 Å². The first-order valence-corrected chi connectivity index (χ1v) is 10.2. The van der Waals surface area contributed by atoms with Gasteiger partial charge < -0.3 is 4.74 Å². The van der Waals surface area contributed by atoms with Crippen molar-refractivity contribution in [3.8, 4) is 0 Å². The second-order valence-corrected chi connectivity index (χ2v) is 8.46. The van der Waals surface area contributed by atoms with Gasteiger partial charge >= 0.3 is 5.97 Å². The number of Topliss-reactive ketones (excluding diaryl/α,β-unsaturated/α-hetero) is 1. The summed E-state index contributed by atoms with van der Waals surface area (Å²) in [5.41, 5.74) is 3.89. The van der Waals surface area contributed by atoms with Crippen LogP contribution in [0.1, 0.15) is 41.5 Å². The molecule has 0 saturated carbocycles. The van der Waals surface area contributed by atoms with Crippen LogP contribution in [0, 0.1) is 26.7 Å². The average Bonchev–Trinajstić information content (AvgIpc) is 2.61. The zero-order valence-electron chi connectivity index (χ0n) is 16.2. The molecule has 0 bridgehead atoms. The molecule has 5 heteroatoms. The van der Waals surface area contributed by atoms with Crippen LogP contribution in [0.5, 0.6) is 0 Å². The minimum absolute atomic E-state index is 0.0351. The van der Waals surface area contributed by atoms with Crippen LogP contribution in [-0.2, 0) is 14.3 Å². The molecule has 2 aromatic rings. The van der Waals surface area contributed by atoms with Crippen molar-refractivity contribution in [2.75, 3.05) is 5.75 Å². The summed E-state index contributed by atoms with van der Waals surface area (Å²) >= 11 is 1.69. The third kappa shape index (κ3) is 4.41. The number of benzene rings is 1. The van der Waals surface area contributed by atoms with E-state index in [0.717, 1.165) is 32.9 Å². The van der Waals surface area contributed by atoms with E-state index < -0.39 is 11.9 Å². The van der Waals surface area contributed by atoms with Crippen LogP contribution in [0.4, 0.5) is 0 Å². The van der Waals surface area contributed by atoms with Crippen LogP contribution in [0.15, 0.2) is 41.6 Å². The monoisotopic (exact) mass is 383 g/mol. The highest BCUT2D eigenvalue weighted by atomic mass is 32.2. The molecule has 3 rings (SSSR count). The minimum Gasteiger partial charge on any atom is -0.461 e. The van der Waals surface area contributed by atoms with Crippen LogP contribution in [0.2, 0.25) is 0 Å². The van der Waals surface area contributed by atoms with Gasteiger partial charge in [-0.3, -0.25) is 14.6 Å². The second kappa shape index (κ2) is 8.26. The summed E-state index contributed by atoms with van der Waals surface area (Å²) in [5.74, 6) is -0.360. The third-order valence-corrected chi connectivity index (χ3v) is 6.35. The van der Waals surface area contributed by atoms with Crippen molar-refractivity contribution in [2.24, 2.45) is 5.92 Å². The molecule has 3 unspecified atom stereocenters. The molecule has 1 aliphatic heterocycles. The van der Waals surface area contributed by atoms with Crippen molar-refractivity contribution in [3.05, 3.63) is 58.9 Å². The van der Waals surface area contributed by atoms with Crippen molar-refractivity contribution < 1.29 is 14.3 Å². The topological polar surface area (TPSA) is 56.3 Å². The number of carbonyl (C=O) groups excluding carboxylic acids is 2. The lowest BCUT2D eigenvalue weighted by Crippen LogP contribution is -2.41. The first-order valence-electron chi connectivity index (χ1n) is 9.20. The quantitative estimate of drug-likeness (QED) is 0.435. The number of esters is 1. The number of cyclic esters (lactones) is 1. The van der Waals surface area contributed by atoms with Crippen LogP contribution >= 0.6 is 11.8 Å². The average molecular weight is 384 g/mol. The Balaban J connectivity index is 1.70. The Bertz CT molecular complexity index is 809. The molecule has 3 atom stereocenters. The summed E-state index contributed by atoms with van der Waals surface area (Å²) in [7, 11) is 0. The molecular formula is C22H25NO3S. The third-order valence-electron chi connectivity index (χ3n) is 5.05. The van der Waals surface area contributed by atoms with E-state index in [1.54, 1.807) is 24.2 Å². The molecule has 1 aromatic heterocycles. The standard InChI is InChI=1S/C22H25NO3S/c1-13-9-14(2)20(15(3)10-13)21-18(24)11-19(26-22(21)25)16(4)12-27-17-5-7-23-8-6-17/h5-10,16,19,21H,11-12H2,1-4H3. The number of ether oxygens (including phenoxy) is 1. The van der Waals surface area contributed by atoms with Crippen LogP contribution < -0.4 is 0 Å². The van der Waals surface area contributed by atoms with Gasteiger partial charge in [-0.05, 0) is 49.6 Å². The van der Waals surface area contributed by atoms with E-state index in [2.05, 4.69) is 4.98 Å². The Morgan fingerprint density at radius 2 is 1.78 bits per heavy atom. The largest absolute Gasteiger partial charge is 0.461 e. The van der Waals surface area contributed by atoms with Gasteiger partial charge in [0.05, 0.1) is 0 Å². The summed E-state index contributed by atoms with van der Waals surface area (Å²) in [4.78, 5) is 30.7. The van der Waals surface area contributed by atoms with Gasteiger partial charge in [0.25, 0.3) is 0 Å². The van der Waals surface area contributed by atoms with E-state index in [9.17, 15) is 9.59 Å². The van der Waals surface area contributed by atoms with Gasteiger partial charge in [-0.2, -0.15) is 0 Å². The Morgan fingerprint density at radius 1 is 1.15 bits per heavy atom. The molecule has 27 heavy (non-hydrogen) atoms. The van der Waals surface area contributed by atoms with E-state index >= 15 is 0 Å². The van der Waals surface area contributed by atoms with Crippen molar-refractivity contribution >= 4 is 23.5 Å². The van der Waals surface area contributed by atoms with Gasteiger partial charge in [0.2, 0.25) is 0 Å². The maximum atomic E-state index is 12.9. The zero-order chi connectivity index (χ0) is 19.6. The maximum absolute atomic E-state index is 12.9. The Kier molecular flexibility index (Phi) is 6.00. The fourth-order valence-corrected chi connectivity index (χ4v) is 4.70. The number of nitrogens with zero attached hydrogens (tertiary/aromatic N) is 1. The zero-order valence-corrected chi connectivity index (χ0v) is 17.0. The number of hydrogen-bond acceptors (Lipinski definition) is 5. The molecule has 1 aromatic carbocycles. The molecule has 1 aliphatic rings. The first kappa shape index (κ1) is 19.6. The first-order chi connectivity index (χ1) is 12.9. The number of aromatic nitrogens is 1. The number of carbonyl (C=O) groups is 2. The lowest BCUT2D eigenvalue weighted by Gasteiger charge is -2.32. The van der Waals surface area contributed by atoms with Gasteiger partial charge in [-0.1, -0.05) is 24.6 Å². The van der Waals surface area contributed by atoms with Gasteiger partial charge in [0.1, 0.15) is 12.0 Å². The Hall–Kier alpha value is -2.14. The van der Waals surface area contributed by atoms with Gasteiger partial charge in [0, 0.05) is 35.4 Å². The lowest BCUT2D eigenvalue weighted by molar-refractivity contribution is -0.162. The number of rotatable bonds is 5. The molecular weight excluding hydrogens is 358 g/mol. The summed E-state index contributed by atoms with van der Waals surface area (Å²) in [6.07, 6.45) is 3.44.